The average molecular weight is 161 g/mol. The Labute approximate surface area is 73.8 Å². The third-order valence-electron chi connectivity index (χ3n) is 2.75. The van der Waals surface area contributed by atoms with Crippen LogP contribution in [0.1, 0.15) is 19.8 Å². The maximum atomic E-state index is 3.53. The van der Waals surface area contributed by atoms with Crippen molar-refractivity contribution in [2.24, 2.45) is 5.92 Å². The van der Waals surface area contributed by atoms with Crippen LogP contribution in [0.15, 0.2) is 30.3 Å². The molecule has 1 aliphatic rings. The fourth-order valence-corrected chi connectivity index (χ4v) is 1.63. The summed E-state index contributed by atoms with van der Waals surface area (Å²) >= 11 is 0. The standard InChI is InChI=1S/C11H15N/c1-9-7-8-11(9)12-10-5-3-2-4-6-10/h2-6,9,11-12H,7-8H2,1H3. The monoisotopic (exact) mass is 161 g/mol. The molecule has 1 aliphatic carbocycles. The second-order valence-corrected chi connectivity index (χ2v) is 3.67. The maximum Gasteiger partial charge on any atom is 0.0342 e. The molecule has 1 N–H and O–H groups in total. The minimum Gasteiger partial charge on any atom is -0.382 e. The van der Waals surface area contributed by atoms with E-state index in [1.54, 1.807) is 0 Å². The average Bonchev–Trinajstić information content (AvgIpc) is 2.14. The van der Waals surface area contributed by atoms with Gasteiger partial charge in [-0.15, -0.1) is 0 Å². The lowest BCUT2D eigenvalue weighted by atomic mass is 9.81. The summed E-state index contributed by atoms with van der Waals surface area (Å²) in [4.78, 5) is 0. The Kier molecular flexibility index (Phi) is 2.03. The van der Waals surface area contributed by atoms with E-state index in [0.717, 1.165) is 5.92 Å². The number of nitrogens with one attached hydrogen (secondary N) is 1. The summed E-state index contributed by atoms with van der Waals surface area (Å²) in [5.74, 6) is 0.852. The van der Waals surface area contributed by atoms with E-state index in [0.29, 0.717) is 6.04 Å². The van der Waals surface area contributed by atoms with Crippen molar-refractivity contribution < 1.29 is 0 Å². The smallest absolute Gasteiger partial charge is 0.0342 e. The zero-order chi connectivity index (χ0) is 8.39. The first-order valence-electron chi connectivity index (χ1n) is 4.68. The van der Waals surface area contributed by atoms with Gasteiger partial charge in [0, 0.05) is 11.7 Å². The third kappa shape index (κ3) is 1.45. The van der Waals surface area contributed by atoms with Gasteiger partial charge in [-0.25, -0.2) is 0 Å². The molecule has 1 saturated carbocycles. The van der Waals surface area contributed by atoms with E-state index < -0.39 is 0 Å². The van der Waals surface area contributed by atoms with Crippen LogP contribution in [0.5, 0.6) is 0 Å². The van der Waals surface area contributed by atoms with Crippen LogP contribution in [0, 0.1) is 5.92 Å². The Bertz CT molecular complexity index is 242. The van der Waals surface area contributed by atoms with Crippen molar-refractivity contribution in [1.82, 2.24) is 0 Å². The lowest BCUT2D eigenvalue weighted by Crippen LogP contribution is -2.36. The largest absolute Gasteiger partial charge is 0.382 e. The second-order valence-electron chi connectivity index (χ2n) is 3.67. The summed E-state index contributed by atoms with van der Waals surface area (Å²) in [5, 5.41) is 3.53. The Hall–Kier alpha value is -0.980. The molecule has 0 bridgehead atoms. The molecule has 0 heterocycles. The molecule has 64 valence electrons. The van der Waals surface area contributed by atoms with Gasteiger partial charge < -0.3 is 5.32 Å². The van der Waals surface area contributed by atoms with Gasteiger partial charge in [0.1, 0.15) is 0 Å². The van der Waals surface area contributed by atoms with Crippen LogP contribution >= 0.6 is 0 Å². The van der Waals surface area contributed by atoms with Crippen molar-refractivity contribution in [2.75, 3.05) is 5.32 Å². The van der Waals surface area contributed by atoms with E-state index >= 15 is 0 Å². The quantitative estimate of drug-likeness (QED) is 0.703. The minimum atomic E-state index is 0.715. The number of anilines is 1. The molecule has 12 heavy (non-hydrogen) atoms. The van der Waals surface area contributed by atoms with E-state index in [4.69, 9.17) is 0 Å². The summed E-state index contributed by atoms with van der Waals surface area (Å²) in [6.07, 6.45) is 2.71. The van der Waals surface area contributed by atoms with Crippen LogP contribution in [-0.2, 0) is 0 Å². The van der Waals surface area contributed by atoms with Crippen LogP contribution in [0.4, 0.5) is 5.69 Å². The van der Waals surface area contributed by atoms with Crippen LogP contribution < -0.4 is 5.32 Å². The molecular formula is C11H15N. The lowest BCUT2D eigenvalue weighted by Gasteiger charge is -2.35. The SMILES string of the molecule is CC1CCC1Nc1ccccc1. The molecule has 0 aromatic heterocycles. The van der Waals surface area contributed by atoms with Gasteiger partial charge in [-0.3, -0.25) is 0 Å². The van der Waals surface area contributed by atoms with Crippen LogP contribution in [0.2, 0.25) is 0 Å². The van der Waals surface area contributed by atoms with Crippen molar-refractivity contribution in [1.29, 1.82) is 0 Å². The van der Waals surface area contributed by atoms with E-state index in [9.17, 15) is 0 Å². The number of hydrogen-bond acceptors (Lipinski definition) is 1. The van der Waals surface area contributed by atoms with Gasteiger partial charge in [-0.05, 0) is 30.9 Å². The van der Waals surface area contributed by atoms with Crippen LogP contribution in [0.25, 0.3) is 0 Å². The maximum absolute atomic E-state index is 3.53. The molecule has 0 spiro atoms. The second kappa shape index (κ2) is 3.18. The van der Waals surface area contributed by atoms with E-state index in [1.807, 2.05) is 0 Å². The zero-order valence-corrected chi connectivity index (χ0v) is 7.46. The third-order valence-corrected chi connectivity index (χ3v) is 2.75. The fraction of sp³-hybridized carbons (Fsp3) is 0.455. The fourth-order valence-electron chi connectivity index (χ4n) is 1.63. The van der Waals surface area contributed by atoms with Crippen molar-refractivity contribution >= 4 is 5.69 Å². The normalized spacial score (nSPS) is 27.8. The van der Waals surface area contributed by atoms with Gasteiger partial charge in [0.15, 0.2) is 0 Å². The molecule has 0 radical (unpaired) electrons. The summed E-state index contributed by atoms with van der Waals surface area (Å²) in [5.41, 5.74) is 1.26. The molecule has 1 aromatic rings. The predicted molar refractivity (Wildman–Crippen MR) is 52.3 cm³/mol. The highest BCUT2D eigenvalue weighted by Gasteiger charge is 2.25. The highest BCUT2D eigenvalue weighted by atomic mass is 14.9. The molecule has 1 fully saturated rings. The molecule has 1 aromatic carbocycles. The van der Waals surface area contributed by atoms with Crippen molar-refractivity contribution in [3.05, 3.63) is 30.3 Å². The topological polar surface area (TPSA) is 12.0 Å². The Balaban J connectivity index is 1.95. The molecule has 0 saturated heterocycles. The highest BCUT2D eigenvalue weighted by Crippen LogP contribution is 2.29. The van der Waals surface area contributed by atoms with Crippen molar-refractivity contribution in [3.8, 4) is 0 Å². The summed E-state index contributed by atoms with van der Waals surface area (Å²) in [7, 11) is 0. The molecule has 1 heteroatoms. The molecular weight excluding hydrogens is 146 g/mol. The van der Waals surface area contributed by atoms with Gasteiger partial charge in [0.05, 0.1) is 0 Å². The summed E-state index contributed by atoms with van der Waals surface area (Å²) in [6, 6.07) is 11.2. The van der Waals surface area contributed by atoms with Gasteiger partial charge in [0.2, 0.25) is 0 Å². The van der Waals surface area contributed by atoms with Crippen LogP contribution in [0.3, 0.4) is 0 Å². The first-order valence-corrected chi connectivity index (χ1v) is 4.68. The first kappa shape index (κ1) is 7.66. The Morgan fingerprint density at radius 2 is 1.92 bits per heavy atom. The van der Waals surface area contributed by atoms with Crippen molar-refractivity contribution in [3.63, 3.8) is 0 Å². The molecule has 0 amide bonds. The molecule has 2 unspecified atom stereocenters. The molecule has 1 nitrogen and oxygen atoms in total. The number of rotatable bonds is 2. The van der Waals surface area contributed by atoms with Crippen molar-refractivity contribution in [2.45, 2.75) is 25.8 Å². The van der Waals surface area contributed by atoms with Gasteiger partial charge in [0.25, 0.3) is 0 Å². The molecule has 2 rings (SSSR count). The van der Waals surface area contributed by atoms with Gasteiger partial charge in [-0.2, -0.15) is 0 Å². The number of hydrogen-bond donors (Lipinski definition) is 1. The summed E-state index contributed by atoms with van der Waals surface area (Å²) in [6.45, 7) is 2.31. The van der Waals surface area contributed by atoms with Gasteiger partial charge in [-0.1, -0.05) is 25.1 Å². The Morgan fingerprint density at radius 1 is 1.17 bits per heavy atom. The van der Waals surface area contributed by atoms with E-state index in [1.165, 1.54) is 18.5 Å². The van der Waals surface area contributed by atoms with Gasteiger partial charge >= 0.3 is 0 Å². The van der Waals surface area contributed by atoms with E-state index in [-0.39, 0.29) is 0 Å². The minimum absolute atomic E-state index is 0.715. The summed E-state index contributed by atoms with van der Waals surface area (Å²) < 4.78 is 0. The Morgan fingerprint density at radius 3 is 2.42 bits per heavy atom. The molecule has 2 atom stereocenters. The first-order chi connectivity index (χ1) is 5.86. The van der Waals surface area contributed by atoms with Crippen LogP contribution in [-0.4, -0.2) is 6.04 Å². The number of benzene rings is 1. The number of para-hydroxylation sites is 1. The zero-order valence-electron chi connectivity index (χ0n) is 7.46. The highest BCUT2D eigenvalue weighted by molar-refractivity contribution is 5.43. The van der Waals surface area contributed by atoms with E-state index in [2.05, 4.69) is 42.6 Å². The predicted octanol–water partition coefficient (Wildman–Crippen LogP) is 2.90. The molecule has 0 aliphatic heterocycles. The lowest BCUT2D eigenvalue weighted by molar-refractivity contribution is 0.303.